The summed E-state index contributed by atoms with van der Waals surface area (Å²) in [6.07, 6.45) is 0.266. The molecule has 0 saturated heterocycles. The molecule has 23 heavy (non-hydrogen) atoms. The second kappa shape index (κ2) is 7.46. The minimum Gasteiger partial charge on any atom is -0.299 e. The van der Waals surface area contributed by atoms with E-state index in [1.165, 1.54) is 12.1 Å². The van der Waals surface area contributed by atoms with Crippen LogP contribution in [-0.2, 0) is 22.4 Å². The summed E-state index contributed by atoms with van der Waals surface area (Å²) >= 11 is 0. The van der Waals surface area contributed by atoms with Gasteiger partial charge in [-0.2, -0.15) is 5.26 Å². The molecule has 2 aromatic carbocycles. The number of carbonyl (C=O) groups excluding carboxylic acids is 2. The molecule has 0 aromatic heterocycles. The molecule has 0 amide bonds. The van der Waals surface area contributed by atoms with Crippen molar-refractivity contribution in [3.8, 4) is 6.07 Å². The number of nitriles is 1. The van der Waals surface area contributed by atoms with Crippen LogP contribution in [0.4, 0.5) is 4.39 Å². The van der Waals surface area contributed by atoms with E-state index in [0.29, 0.717) is 11.1 Å². The predicted molar refractivity (Wildman–Crippen MR) is 84.1 cm³/mol. The SMILES string of the molecule is CC(C(=O)Cc1ccc(F)cc1)C(=O)Cc1ccc(C#N)cc1. The Kier molecular flexibility index (Phi) is 5.37. The number of halogens is 1. The Balaban J connectivity index is 1.96. The van der Waals surface area contributed by atoms with E-state index in [0.717, 1.165) is 5.56 Å². The van der Waals surface area contributed by atoms with Gasteiger partial charge in [0.1, 0.15) is 17.4 Å². The van der Waals surface area contributed by atoms with Crippen molar-refractivity contribution < 1.29 is 14.0 Å². The van der Waals surface area contributed by atoms with Gasteiger partial charge in [0.15, 0.2) is 0 Å². The monoisotopic (exact) mass is 309 g/mol. The van der Waals surface area contributed by atoms with Crippen LogP contribution in [0.2, 0.25) is 0 Å². The van der Waals surface area contributed by atoms with Crippen molar-refractivity contribution in [2.24, 2.45) is 5.92 Å². The maximum Gasteiger partial charge on any atom is 0.147 e. The second-order valence-electron chi connectivity index (χ2n) is 5.44. The summed E-state index contributed by atoms with van der Waals surface area (Å²) in [5, 5.41) is 8.74. The van der Waals surface area contributed by atoms with Crippen molar-refractivity contribution in [3.63, 3.8) is 0 Å². The Morgan fingerprint density at radius 2 is 1.39 bits per heavy atom. The Hall–Kier alpha value is -2.80. The van der Waals surface area contributed by atoms with Crippen LogP contribution < -0.4 is 0 Å². The highest BCUT2D eigenvalue weighted by molar-refractivity contribution is 6.03. The summed E-state index contributed by atoms with van der Waals surface area (Å²) in [6, 6.07) is 14.4. The summed E-state index contributed by atoms with van der Waals surface area (Å²) in [5.41, 5.74) is 1.99. The van der Waals surface area contributed by atoms with Gasteiger partial charge in [-0.25, -0.2) is 4.39 Å². The van der Waals surface area contributed by atoms with E-state index >= 15 is 0 Å². The smallest absolute Gasteiger partial charge is 0.147 e. The molecule has 0 aliphatic rings. The van der Waals surface area contributed by atoms with Crippen LogP contribution in [-0.4, -0.2) is 11.6 Å². The summed E-state index contributed by atoms with van der Waals surface area (Å²) in [4.78, 5) is 24.4. The first kappa shape index (κ1) is 16.6. The molecule has 116 valence electrons. The van der Waals surface area contributed by atoms with Crippen molar-refractivity contribution >= 4 is 11.6 Å². The number of hydrogen-bond acceptors (Lipinski definition) is 3. The highest BCUT2D eigenvalue weighted by atomic mass is 19.1. The molecular weight excluding hydrogens is 293 g/mol. The molecule has 0 aliphatic heterocycles. The third-order valence-electron chi connectivity index (χ3n) is 3.72. The number of rotatable bonds is 6. The molecule has 0 N–H and O–H groups in total. The molecule has 0 saturated carbocycles. The summed E-state index contributed by atoms with van der Waals surface area (Å²) in [6.45, 7) is 1.60. The van der Waals surface area contributed by atoms with E-state index in [1.807, 2.05) is 6.07 Å². The molecule has 0 fully saturated rings. The molecule has 0 spiro atoms. The molecule has 3 nitrogen and oxygen atoms in total. The minimum atomic E-state index is -0.712. The van der Waals surface area contributed by atoms with Crippen LogP contribution in [0.25, 0.3) is 0 Å². The van der Waals surface area contributed by atoms with Gasteiger partial charge in [-0.1, -0.05) is 24.3 Å². The number of Topliss-reactive ketones (excluding diaryl/α,β-unsaturated/α-hetero) is 2. The van der Waals surface area contributed by atoms with E-state index in [-0.39, 0.29) is 30.2 Å². The van der Waals surface area contributed by atoms with Crippen molar-refractivity contribution in [2.75, 3.05) is 0 Å². The summed E-state index contributed by atoms with van der Waals surface area (Å²) in [5.74, 6) is -1.42. The fourth-order valence-electron chi connectivity index (χ4n) is 2.19. The normalized spacial score (nSPS) is 11.5. The fraction of sp³-hybridized carbons (Fsp3) is 0.211. The zero-order chi connectivity index (χ0) is 16.8. The molecule has 0 radical (unpaired) electrons. The minimum absolute atomic E-state index is 0.112. The van der Waals surface area contributed by atoms with Gasteiger partial charge >= 0.3 is 0 Å². The Bertz CT molecular complexity index is 742. The van der Waals surface area contributed by atoms with Gasteiger partial charge in [0.25, 0.3) is 0 Å². The highest BCUT2D eigenvalue weighted by Crippen LogP contribution is 2.12. The zero-order valence-corrected chi connectivity index (χ0v) is 12.8. The van der Waals surface area contributed by atoms with Crippen LogP contribution in [0.15, 0.2) is 48.5 Å². The van der Waals surface area contributed by atoms with Crippen LogP contribution in [0, 0.1) is 23.1 Å². The van der Waals surface area contributed by atoms with Gasteiger partial charge in [-0.3, -0.25) is 9.59 Å². The van der Waals surface area contributed by atoms with Gasteiger partial charge in [0.05, 0.1) is 17.6 Å². The van der Waals surface area contributed by atoms with Gasteiger partial charge in [-0.15, -0.1) is 0 Å². The quantitative estimate of drug-likeness (QED) is 0.770. The fourth-order valence-corrected chi connectivity index (χ4v) is 2.19. The number of carbonyl (C=O) groups is 2. The number of benzene rings is 2. The van der Waals surface area contributed by atoms with Crippen LogP contribution in [0.5, 0.6) is 0 Å². The lowest BCUT2D eigenvalue weighted by atomic mass is 9.92. The van der Waals surface area contributed by atoms with E-state index in [1.54, 1.807) is 43.3 Å². The molecule has 2 aromatic rings. The largest absolute Gasteiger partial charge is 0.299 e. The lowest BCUT2D eigenvalue weighted by molar-refractivity contribution is -0.131. The van der Waals surface area contributed by atoms with E-state index in [4.69, 9.17) is 5.26 Å². The van der Waals surface area contributed by atoms with Crippen molar-refractivity contribution in [2.45, 2.75) is 19.8 Å². The second-order valence-corrected chi connectivity index (χ2v) is 5.44. The van der Waals surface area contributed by atoms with E-state index in [9.17, 15) is 14.0 Å². The molecule has 4 heteroatoms. The molecule has 1 atom stereocenters. The van der Waals surface area contributed by atoms with Crippen LogP contribution in [0.3, 0.4) is 0 Å². The average Bonchev–Trinajstić information content (AvgIpc) is 2.56. The Labute approximate surface area is 134 Å². The van der Waals surface area contributed by atoms with Crippen LogP contribution in [0.1, 0.15) is 23.6 Å². The molecule has 2 rings (SSSR count). The van der Waals surface area contributed by atoms with Gasteiger partial charge < -0.3 is 0 Å². The van der Waals surface area contributed by atoms with E-state index in [2.05, 4.69) is 0 Å². The van der Waals surface area contributed by atoms with E-state index < -0.39 is 5.92 Å². The van der Waals surface area contributed by atoms with Crippen molar-refractivity contribution in [1.82, 2.24) is 0 Å². The van der Waals surface area contributed by atoms with Crippen LogP contribution >= 0.6 is 0 Å². The molecule has 0 aliphatic carbocycles. The molecular formula is C19H16FNO2. The third kappa shape index (κ3) is 4.58. The first-order valence-electron chi connectivity index (χ1n) is 7.28. The molecule has 0 bridgehead atoms. The lowest BCUT2D eigenvalue weighted by Gasteiger charge is -2.10. The predicted octanol–water partition coefficient (Wildman–Crippen LogP) is 3.26. The molecule has 0 heterocycles. The van der Waals surface area contributed by atoms with Crippen molar-refractivity contribution in [1.29, 1.82) is 5.26 Å². The number of hydrogen-bond donors (Lipinski definition) is 0. The number of nitrogens with zero attached hydrogens (tertiary/aromatic N) is 1. The summed E-state index contributed by atoms with van der Waals surface area (Å²) in [7, 11) is 0. The number of ketones is 2. The lowest BCUT2D eigenvalue weighted by Crippen LogP contribution is -2.24. The molecule has 1 unspecified atom stereocenters. The maximum atomic E-state index is 12.8. The van der Waals surface area contributed by atoms with Gasteiger partial charge in [0.2, 0.25) is 0 Å². The topological polar surface area (TPSA) is 57.9 Å². The summed E-state index contributed by atoms with van der Waals surface area (Å²) < 4.78 is 12.8. The first-order valence-corrected chi connectivity index (χ1v) is 7.28. The highest BCUT2D eigenvalue weighted by Gasteiger charge is 2.21. The average molecular weight is 309 g/mol. The standard InChI is InChI=1S/C19H16FNO2/c1-13(19(23)11-15-6-8-17(20)9-7-15)18(22)10-14-2-4-16(12-21)5-3-14/h2-9,13H,10-11H2,1H3. The Morgan fingerprint density at radius 3 is 1.83 bits per heavy atom. The maximum absolute atomic E-state index is 12.8. The third-order valence-corrected chi connectivity index (χ3v) is 3.72. The Morgan fingerprint density at radius 1 is 0.957 bits per heavy atom. The zero-order valence-electron chi connectivity index (χ0n) is 12.8. The van der Waals surface area contributed by atoms with Gasteiger partial charge in [0, 0.05) is 12.8 Å². The first-order chi connectivity index (χ1) is 11.0. The van der Waals surface area contributed by atoms with Gasteiger partial charge in [-0.05, 0) is 42.3 Å². The van der Waals surface area contributed by atoms with Crippen molar-refractivity contribution in [3.05, 3.63) is 71.0 Å².